The summed E-state index contributed by atoms with van der Waals surface area (Å²) in [5, 5.41) is 0. The van der Waals surface area contributed by atoms with Crippen LogP contribution in [0.1, 0.15) is 12.8 Å². The Morgan fingerprint density at radius 1 is 1.22 bits per heavy atom. The summed E-state index contributed by atoms with van der Waals surface area (Å²) >= 11 is 0. The first-order chi connectivity index (χ1) is 4.04. The van der Waals surface area contributed by atoms with E-state index in [1.165, 1.54) is 0 Å². The zero-order valence-electron chi connectivity index (χ0n) is 4.43. The molecule has 0 heterocycles. The molecule has 0 saturated carbocycles. The van der Waals surface area contributed by atoms with Crippen LogP contribution in [-0.4, -0.2) is 5.92 Å². The maximum atomic E-state index is 11.9. The number of alkyl halides is 2. The second-order valence-electron chi connectivity index (χ2n) is 1.92. The molecule has 9 heavy (non-hydrogen) atoms. The molecule has 4 heteroatoms. The normalized spacial score (nSPS) is 25.3. The molecule has 0 radical (unpaired) electrons. The lowest BCUT2D eigenvalue weighted by Gasteiger charge is -2.03. The van der Waals surface area contributed by atoms with Gasteiger partial charge in [-0.3, -0.25) is 0 Å². The third kappa shape index (κ3) is 0.930. The molecular weight excluding hydrogens is 136 g/mol. The number of hydrogen-bond acceptors (Lipinski definition) is 0. The van der Waals surface area contributed by atoms with Gasteiger partial charge in [-0.05, 0) is 0 Å². The van der Waals surface area contributed by atoms with Crippen LogP contribution in [0.15, 0.2) is 11.7 Å². The van der Waals surface area contributed by atoms with Gasteiger partial charge >= 0.3 is 5.92 Å². The average molecular weight is 140 g/mol. The van der Waals surface area contributed by atoms with E-state index in [9.17, 15) is 17.6 Å². The van der Waals surface area contributed by atoms with Crippen molar-refractivity contribution < 1.29 is 17.6 Å². The van der Waals surface area contributed by atoms with Gasteiger partial charge in [0.2, 0.25) is 5.83 Å². The van der Waals surface area contributed by atoms with Gasteiger partial charge < -0.3 is 0 Å². The predicted octanol–water partition coefficient (Wildman–Crippen LogP) is 2.57. The molecule has 1 rings (SSSR count). The van der Waals surface area contributed by atoms with Crippen LogP contribution in [0.5, 0.6) is 0 Å². The van der Waals surface area contributed by atoms with Gasteiger partial charge in [0.1, 0.15) is 5.83 Å². The molecule has 0 bridgehead atoms. The molecule has 0 amide bonds. The first-order valence-corrected chi connectivity index (χ1v) is 2.46. The lowest BCUT2D eigenvalue weighted by Crippen LogP contribution is -2.10. The second kappa shape index (κ2) is 1.72. The molecule has 0 fully saturated rings. The van der Waals surface area contributed by atoms with E-state index in [4.69, 9.17) is 0 Å². The van der Waals surface area contributed by atoms with Crippen molar-refractivity contribution in [1.29, 1.82) is 0 Å². The minimum atomic E-state index is -3.54. The van der Waals surface area contributed by atoms with Crippen molar-refractivity contribution in [2.75, 3.05) is 0 Å². The quantitative estimate of drug-likeness (QED) is 0.453. The molecule has 0 aromatic rings. The highest BCUT2D eigenvalue weighted by Gasteiger charge is 2.43. The Balaban J connectivity index is 2.88. The number of allylic oxidation sites excluding steroid dienone is 2. The summed E-state index contributed by atoms with van der Waals surface area (Å²) in [6, 6.07) is 0. The van der Waals surface area contributed by atoms with Gasteiger partial charge in [-0.15, -0.1) is 0 Å². The lowest BCUT2D eigenvalue weighted by molar-refractivity contribution is 0.0213. The maximum absolute atomic E-state index is 11.9. The Morgan fingerprint density at radius 2 is 1.78 bits per heavy atom. The third-order valence-electron chi connectivity index (χ3n) is 1.22. The van der Waals surface area contributed by atoms with Crippen LogP contribution in [-0.2, 0) is 0 Å². The minimum absolute atomic E-state index is 0.473. The zero-order valence-corrected chi connectivity index (χ0v) is 4.43. The number of halogens is 4. The van der Waals surface area contributed by atoms with Crippen molar-refractivity contribution in [3.05, 3.63) is 11.7 Å². The fourth-order valence-corrected chi connectivity index (χ4v) is 0.685. The van der Waals surface area contributed by atoms with Gasteiger partial charge in [0.05, 0.1) is 0 Å². The Kier molecular flexibility index (Phi) is 1.26. The van der Waals surface area contributed by atoms with Gasteiger partial charge in [-0.25, -0.2) is 8.78 Å². The van der Waals surface area contributed by atoms with E-state index >= 15 is 0 Å². The SMILES string of the molecule is FC1=C(F)C(F)(F)CC1. The van der Waals surface area contributed by atoms with E-state index in [2.05, 4.69) is 0 Å². The van der Waals surface area contributed by atoms with Crippen molar-refractivity contribution >= 4 is 0 Å². The predicted molar refractivity (Wildman–Crippen MR) is 23.4 cm³/mol. The standard InChI is InChI=1S/C5H4F4/c6-3-1-2-5(8,9)4(3)7/h1-2H2. The molecule has 0 aromatic carbocycles. The van der Waals surface area contributed by atoms with Gasteiger partial charge in [-0.2, -0.15) is 8.78 Å². The summed E-state index contributed by atoms with van der Waals surface area (Å²) in [4.78, 5) is 0. The van der Waals surface area contributed by atoms with E-state index in [0.717, 1.165) is 0 Å². The Labute approximate surface area is 49.2 Å². The Bertz CT molecular complexity index is 158. The molecule has 1 aliphatic carbocycles. The van der Waals surface area contributed by atoms with Crippen molar-refractivity contribution in [3.8, 4) is 0 Å². The minimum Gasteiger partial charge on any atom is -0.209 e. The smallest absolute Gasteiger partial charge is 0.209 e. The van der Waals surface area contributed by atoms with Crippen LogP contribution in [0.2, 0.25) is 0 Å². The van der Waals surface area contributed by atoms with Gasteiger partial charge in [0.25, 0.3) is 0 Å². The van der Waals surface area contributed by atoms with Gasteiger partial charge in [0.15, 0.2) is 0 Å². The van der Waals surface area contributed by atoms with Crippen LogP contribution in [0.4, 0.5) is 17.6 Å². The molecule has 0 unspecified atom stereocenters. The van der Waals surface area contributed by atoms with Crippen LogP contribution in [0.25, 0.3) is 0 Å². The largest absolute Gasteiger partial charge is 0.301 e. The van der Waals surface area contributed by atoms with Crippen molar-refractivity contribution in [2.24, 2.45) is 0 Å². The summed E-state index contributed by atoms with van der Waals surface area (Å²) in [7, 11) is 0. The monoisotopic (exact) mass is 140 g/mol. The maximum Gasteiger partial charge on any atom is 0.301 e. The van der Waals surface area contributed by atoms with Crippen molar-refractivity contribution in [3.63, 3.8) is 0 Å². The van der Waals surface area contributed by atoms with E-state index < -0.39 is 30.4 Å². The number of hydrogen-bond donors (Lipinski definition) is 0. The molecule has 0 nitrogen and oxygen atoms in total. The molecule has 0 atom stereocenters. The van der Waals surface area contributed by atoms with Crippen molar-refractivity contribution in [1.82, 2.24) is 0 Å². The molecule has 1 aliphatic rings. The fourth-order valence-electron chi connectivity index (χ4n) is 0.685. The van der Waals surface area contributed by atoms with E-state index in [1.807, 2.05) is 0 Å². The van der Waals surface area contributed by atoms with Crippen molar-refractivity contribution in [2.45, 2.75) is 18.8 Å². The summed E-state index contributed by atoms with van der Waals surface area (Å²) in [5.74, 6) is -6.73. The van der Waals surface area contributed by atoms with E-state index in [0.29, 0.717) is 0 Å². The Morgan fingerprint density at radius 3 is 1.89 bits per heavy atom. The first kappa shape index (κ1) is 6.58. The molecule has 0 aromatic heterocycles. The Hall–Kier alpha value is -0.540. The van der Waals surface area contributed by atoms with E-state index in [-0.39, 0.29) is 0 Å². The van der Waals surface area contributed by atoms with E-state index in [1.54, 1.807) is 0 Å². The third-order valence-corrected chi connectivity index (χ3v) is 1.22. The average Bonchev–Trinajstić information content (AvgIpc) is 1.97. The van der Waals surface area contributed by atoms with Crippen LogP contribution in [0.3, 0.4) is 0 Å². The lowest BCUT2D eigenvalue weighted by atomic mass is 10.3. The molecule has 0 aliphatic heterocycles. The highest BCUT2D eigenvalue weighted by Crippen LogP contribution is 2.41. The van der Waals surface area contributed by atoms with Crippen LogP contribution >= 0.6 is 0 Å². The summed E-state index contributed by atoms with van der Waals surface area (Å²) < 4.78 is 47.5. The second-order valence-corrected chi connectivity index (χ2v) is 1.92. The topological polar surface area (TPSA) is 0 Å². The highest BCUT2D eigenvalue weighted by atomic mass is 19.3. The zero-order chi connectivity index (χ0) is 7.07. The summed E-state index contributed by atoms with van der Waals surface area (Å²) in [6.07, 6.45) is -1.20. The van der Waals surface area contributed by atoms with Gasteiger partial charge in [0, 0.05) is 12.8 Å². The highest BCUT2D eigenvalue weighted by molar-refractivity contribution is 5.16. The molecule has 0 saturated heterocycles. The molecule has 0 spiro atoms. The van der Waals surface area contributed by atoms with Crippen LogP contribution < -0.4 is 0 Å². The molecule has 0 N–H and O–H groups in total. The van der Waals surface area contributed by atoms with Gasteiger partial charge in [-0.1, -0.05) is 0 Å². The first-order valence-electron chi connectivity index (χ1n) is 2.46. The summed E-state index contributed by atoms with van der Waals surface area (Å²) in [5.41, 5.74) is 0. The molecular formula is C5H4F4. The fraction of sp³-hybridized carbons (Fsp3) is 0.600. The molecule has 52 valence electrons. The summed E-state index contributed by atoms with van der Waals surface area (Å²) in [6.45, 7) is 0. The van der Waals surface area contributed by atoms with Crippen LogP contribution in [0, 0.1) is 0 Å². The number of rotatable bonds is 0.